The van der Waals surface area contributed by atoms with Gasteiger partial charge in [0.15, 0.2) is 17.0 Å². The molecule has 0 radical (unpaired) electrons. The maximum Gasteiger partial charge on any atom is 0.248 e. The largest absolute Gasteiger partial charge is 0.366 e. The lowest BCUT2D eigenvalue weighted by Gasteiger charge is -2.12. The molecule has 4 rings (SSSR count). The Bertz CT molecular complexity index is 940. The SMILES string of the molecule is CC(C)n1c(-c2ccc(C(N)=O)cc2)nc2c(NC3CC3)ncnc21. The number of aromatic nitrogens is 4. The average molecular weight is 336 g/mol. The Morgan fingerprint density at radius 3 is 2.56 bits per heavy atom. The number of nitrogens with one attached hydrogen (secondary N) is 1. The molecule has 1 aliphatic carbocycles. The molecule has 3 N–H and O–H groups in total. The summed E-state index contributed by atoms with van der Waals surface area (Å²) in [4.78, 5) is 24.9. The lowest BCUT2D eigenvalue weighted by molar-refractivity contribution is 0.100. The Kier molecular flexibility index (Phi) is 3.63. The zero-order valence-electron chi connectivity index (χ0n) is 14.2. The zero-order valence-corrected chi connectivity index (χ0v) is 14.2. The van der Waals surface area contributed by atoms with Crippen molar-refractivity contribution in [2.45, 2.75) is 38.8 Å². The van der Waals surface area contributed by atoms with Crippen LogP contribution in [0.15, 0.2) is 30.6 Å². The minimum absolute atomic E-state index is 0.180. The third kappa shape index (κ3) is 2.82. The number of fused-ring (bicyclic) bond motifs is 1. The monoisotopic (exact) mass is 336 g/mol. The van der Waals surface area contributed by atoms with Gasteiger partial charge in [-0.15, -0.1) is 0 Å². The second-order valence-electron chi connectivity index (χ2n) is 6.65. The standard InChI is InChI=1S/C18H20N6O/c1-10(2)24-17(12-5-3-11(4-6-12)15(19)25)23-14-16(22-13-7-8-13)20-9-21-18(14)24/h3-6,9-10,13H,7-8H2,1-2H3,(H2,19,25)(H,20,21,22). The van der Waals surface area contributed by atoms with Crippen molar-refractivity contribution >= 4 is 22.9 Å². The molecular weight excluding hydrogens is 316 g/mol. The third-order valence-corrected chi connectivity index (χ3v) is 4.34. The summed E-state index contributed by atoms with van der Waals surface area (Å²) in [6, 6.07) is 7.83. The van der Waals surface area contributed by atoms with E-state index in [0.29, 0.717) is 11.6 Å². The molecule has 0 unspecified atom stereocenters. The van der Waals surface area contributed by atoms with Crippen molar-refractivity contribution < 1.29 is 4.79 Å². The Labute approximate surface area is 145 Å². The Morgan fingerprint density at radius 2 is 1.96 bits per heavy atom. The second-order valence-corrected chi connectivity index (χ2v) is 6.65. The van der Waals surface area contributed by atoms with Crippen molar-refractivity contribution in [3.05, 3.63) is 36.2 Å². The van der Waals surface area contributed by atoms with Gasteiger partial charge in [-0.05, 0) is 38.8 Å². The van der Waals surface area contributed by atoms with Crippen molar-refractivity contribution in [3.8, 4) is 11.4 Å². The normalized spacial score (nSPS) is 14.2. The van der Waals surface area contributed by atoms with E-state index in [1.165, 1.54) is 0 Å². The van der Waals surface area contributed by atoms with Gasteiger partial charge < -0.3 is 15.6 Å². The predicted molar refractivity (Wildman–Crippen MR) is 96.3 cm³/mol. The van der Waals surface area contributed by atoms with Crippen LogP contribution in [0.25, 0.3) is 22.6 Å². The molecule has 1 fully saturated rings. The van der Waals surface area contributed by atoms with Crippen LogP contribution < -0.4 is 11.1 Å². The highest BCUT2D eigenvalue weighted by molar-refractivity contribution is 5.93. The quantitative estimate of drug-likeness (QED) is 0.746. The molecule has 25 heavy (non-hydrogen) atoms. The number of nitrogens with two attached hydrogens (primary N) is 1. The first-order valence-corrected chi connectivity index (χ1v) is 8.44. The lowest BCUT2D eigenvalue weighted by Crippen LogP contribution is -2.10. The number of hydrogen-bond donors (Lipinski definition) is 2. The topological polar surface area (TPSA) is 98.7 Å². The molecule has 2 heterocycles. The lowest BCUT2D eigenvalue weighted by atomic mass is 10.1. The molecule has 7 nitrogen and oxygen atoms in total. The number of rotatable bonds is 5. The van der Waals surface area contributed by atoms with E-state index in [1.807, 2.05) is 12.1 Å². The highest BCUT2D eigenvalue weighted by Crippen LogP contribution is 2.32. The Hall–Kier alpha value is -2.96. The molecule has 3 aromatic rings. The van der Waals surface area contributed by atoms with Gasteiger partial charge in [0.1, 0.15) is 12.2 Å². The summed E-state index contributed by atoms with van der Waals surface area (Å²) < 4.78 is 2.09. The van der Waals surface area contributed by atoms with Gasteiger partial charge in [-0.2, -0.15) is 0 Å². The fourth-order valence-electron chi connectivity index (χ4n) is 2.91. The number of amides is 1. The van der Waals surface area contributed by atoms with Crippen LogP contribution in [-0.2, 0) is 0 Å². The van der Waals surface area contributed by atoms with Crippen LogP contribution in [0.2, 0.25) is 0 Å². The molecule has 1 aliphatic rings. The van der Waals surface area contributed by atoms with E-state index in [0.717, 1.165) is 41.2 Å². The first-order chi connectivity index (χ1) is 12.0. The molecule has 1 aromatic carbocycles. The highest BCUT2D eigenvalue weighted by Gasteiger charge is 2.25. The van der Waals surface area contributed by atoms with E-state index >= 15 is 0 Å². The molecule has 0 atom stereocenters. The molecule has 1 amide bonds. The van der Waals surface area contributed by atoms with E-state index in [9.17, 15) is 4.79 Å². The smallest absolute Gasteiger partial charge is 0.248 e. The van der Waals surface area contributed by atoms with Crippen LogP contribution in [0, 0.1) is 0 Å². The molecule has 0 saturated heterocycles. The van der Waals surface area contributed by atoms with Crippen molar-refractivity contribution in [2.75, 3.05) is 5.32 Å². The van der Waals surface area contributed by atoms with E-state index in [2.05, 4.69) is 33.7 Å². The van der Waals surface area contributed by atoms with Gasteiger partial charge >= 0.3 is 0 Å². The molecule has 0 spiro atoms. The summed E-state index contributed by atoms with van der Waals surface area (Å²) in [6.45, 7) is 4.19. The summed E-state index contributed by atoms with van der Waals surface area (Å²) in [5.41, 5.74) is 8.30. The number of anilines is 1. The summed E-state index contributed by atoms with van der Waals surface area (Å²) in [6.07, 6.45) is 3.91. The number of carbonyl (C=O) groups is 1. The van der Waals surface area contributed by atoms with Gasteiger partial charge in [-0.3, -0.25) is 4.79 Å². The molecule has 7 heteroatoms. The fraction of sp³-hybridized carbons (Fsp3) is 0.333. The van der Waals surface area contributed by atoms with Crippen LogP contribution >= 0.6 is 0 Å². The van der Waals surface area contributed by atoms with Crippen molar-refractivity contribution in [2.24, 2.45) is 5.73 Å². The average Bonchev–Trinajstić information content (AvgIpc) is 3.31. The third-order valence-electron chi connectivity index (χ3n) is 4.34. The van der Waals surface area contributed by atoms with Crippen molar-refractivity contribution in [3.63, 3.8) is 0 Å². The molecule has 0 aliphatic heterocycles. The van der Waals surface area contributed by atoms with Gasteiger partial charge in [0.25, 0.3) is 0 Å². The maximum atomic E-state index is 11.3. The minimum Gasteiger partial charge on any atom is -0.366 e. The maximum absolute atomic E-state index is 11.3. The van der Waals surface area contributed by atoms with Crippen molar-refractivity contribution in [1.29, 1.82) is 0 Å². The van der Waals surface area contributed by atoms with Crippen LogP contribution in [-0.4, -0.2) is 31.5 Å². The number of hydrogen-bond acceptors (Lipinski definition) is 5. The Morgan fingerprint density at radius 1 is 1.24 bits per heavy atom. The van der Waals surface area contributed by atoms with E-state index in [4.69, 9.17) is 10.7 Å². The summed E-state index contributed by atoms with van der Waals surface area (Å²) in [7, 11) is 0. The highest BCUT2D eigenvalue weighted by atomic mass is 16.1. The van der Waals surface area contributed by atoms with E-state index < -0.39 is 5.91 Å². The first kappa shape index (κ1) is 15.6. The number of imidazole rings is 1. The number of benzene rings is 1. The number of carbonyl (C=O) groups excluding carboxylic acids is 1. The van der Waals surface area contributed by atoms with Gasteiger partial charge in [-0.25, -0.2) is 15.0 Å². The van der Waals surface area contributed by atoms with Gasteiger partial charge in [0.05, 0.1) is 0 Å². The summed E-state index contributed by atoms with van der Waals surface area (Å²) in [5.74, 6) is 1.15. The molecular formula is C18H20N6O. The second kappa shape index (κ2) is 5.84. The molecule has 0 bridgehead atoms. The van der Waals surface area contributed by atoms with Crippen LogP contribution in [0.1, 0.15) is 43.1 Å². The zero-order chi connectivity index (χ0) is 17.6. The molecule has 1 saturated carbocycles. The number of primary amides is 1. The Balaban J connectivity index is 1.87. The summed E-state index contributed by atoms with van der Waals surface area (Å²) in [5, 5.41) is 3.43. The molecule has 128 valence electrons. The number of nitrogens with zero attached hydrogens (tertiary/aromatic N) is 4. The van der Waals surface area contributed by atoms with E-state index in [1.54, 1.807) is 18.5 Å². The first-order valence-electron chi connectivity index (χ1n) is 8.44. The predicted octanol–water partition coefficient (Wildman–Crippen LogP) is 2.75. The summed E-state index contributed by atoms with van der Waals surface area (Å²) >= 11 is 0. The van der Waals surface area contributed by atoms with Crippen LogP contribution in [0.3, 0.4) is 0 Å². The van der Waals surface area contributed by atoms with Crippen LogP contribution in [0.5, 0.6) is 0 Å². The van der Waals surface area contributed by atoms with Crippen molar-refractivity contribution in [1.82, 2.24) is 19.5 Å². The molecule has 2 aromatic heterocycles. The minimum atomic E-state index is -0.439. The van der Waals surface area contributed by atoms with E-state index in [-0.39, 0.29) is 6.04 Å². The van der Waals surface area contributed by atoms with Crippen LogP contribution in [0.4, 0.5) is 5.82 Å². The van der Waals surface area contributed by atoms with Gasteiger partial charge in [0, 0.05) is 23.2 Å². The van der Waals surface area contributed by atoms with Gasteiger partial charge in [0.2, 0.25) is 5.91 Å². The van der Waals surface area contributed by atoms with Gasteiger partial charge in [-0.1, -0.05) is 12.1 Å². The fourth-order valence-corrected chi connectivity index (χ4v) is 2.91.